The number of carbonyl (C=O) groups is 1. The molecule has 3 rings (SSSR count). The second-order valence-electron chi connectivity index (χ2n) is 6.51. The molecule has 1 aliphatic heterocycles. The molecular formula is C19H24FN3O. The molecule has 128 valence electrons. The van der Waals surface area contributed by atoms with Gasteiger partial charge in [-0.3, -0.25) is 9.48 Å². The van der Waals surface area contributed by atoms with Gasteiger partial charge in [-0.25, -0.2) is 4.39 Å². The molecule has 2 heterocycles. The highest BCUT2D eigenvalue weighted by molar-refractivity contribution is 5.93. The Bertz CT molecular complexity index is 697. The van der Waals surface area contributed by atoms with E-state index in [1.807, 2.05) is 24.1 Å². The summed E-state index contributed by atoms with van der Waals surface area (Å²) in [5.41, 5.74) is 1.70. The van der Waals surface area contributed by atoms with Crippen LogP contribution in [0.1, 0.15) is 42.1 Å². The molecule has 0 radical (unpaired) electrons. The Kier molecular flexibility index (Phi) is 5.28. The van der Waals surface area contributed by atoms with Crippen LogP contribution in [0.3, 0.4) is 0 Å². The van der Waals surface area contributed by atoms with Crippen LogP contribution in [0, 0.1) is 11.7 Å². The number of amides is 1. The van der Waals surface area contributed by atoms with Gasteiger partial charge in [-0.1, -0.05) is 12.1 Å². The SMILES string of the molecule is CCn1cc(C(=O)N2CCC[C@H](CCc3cccc(F)c3)C2)cn1. The number of rotatable bonds is 5. The minimum Gasteiger partial charge on any atom is -0.338 e. The smallest absolute Gasteiger partial charge is 0.257 e. The first-order chi connectivity index (χ1) is 11.7. The van der Waals surface area contributed by atoms with Crippen LogP contribution in [0.25, 0.3) is 0 Å². The Morgan fingerprint density at radius 1 is 1.42 bits per heavy atom. The Hall–Kier alpha value is -2.17. The predicted octanol–water partition coefficient (Wildman–Crippen LogP) is 3.53. The molecule has 0 unspecified atom stereocenters. The van der Waals surface area contributed by atoms with Crippen molar-refractivity contribution in [3.63, 3.8) is 0 Å². The van der Waals surface area contributed by atoms with E-state index in [9.17, 15) is 9.18 Å². The largest absolute Gasteiger partial charge is 0.338 e. The molecular weight excluding hydrogens is 305 g/mol. The van der Waals surface area contributed by atoms with Crippen LogP contribution in [0.4, 0.5) is 4.39 Å². The van der Waals surface area contributed by atoms with Crippen LogP contribution in [0.15, 0.2) is 36.7 Å². The fraction of sp³-hybridized carbons (Fsp3) is 0.474. The van der Waals surface area contributed by atoms with Crippen molar-refractivity contribution < 1.29 is 9.18 Å². The first kappa shape index (κ1) is 16.7. The number of halogens is 1. The number of benzene rings is 1. The molecule has 1 saturated heterocycles. The van der Waals surface area contributed by atoms with Crippen molar-refractivity contribution in [3.8, 4) is 0 Å². The lowest BCUT2D eigenvalue weighted by Gasteiger charge is -2.32. The maximum absolute atomic E-state index is 13.3. The summed E-state index contributed by atoms with van der Waals surface area (Å²) in [6.07, 6.45) is 7.48. The van der Waals surface area contributed by atoms with Gasteiger partial charge in [0.25, 0.3) is 5.91 Å². The zero-order valence-electron chi connectivity index (χ0n) is 14.1. The van der Waals surface area contributed by atoms with Crippen molar-refractivity contribution in [2.24, 2.45) is 5.92 Å². The summed E-state index contributed by atoms with van der Waals surface area (Å²) < 4.78 is 15.0. The second-order valence-corrected chi connectivity index (χ2v) is 6.51. The number of likely N-dealkylation sites (tertiary alicyclic amines) is 1. The number of piperidine rings is 1. The third-order valence-electron chi connectivity index (χ3n) is 4.74. The Labute approximate surface area is 142 Å². The molecule has 0 bridgehead atoms. The van der Waals surface area contributed by atoms with Gasteiger partial charge in [0.05, 0.1) is 11.8 Å². The summed E-state index contributed by atoms with van der Waals surface area (Å²) in [6.45, 7) is 4.37. The number of nitrogens with zero attached hydrogens (tertiary/aromatic N) is 3. The van der Waals surface area contributed by atoms with E-state index in [0.29, 0.717) is 11.5 Å². The van der Waals surface area contributed by atoms with Crippen LogP contribution in [-0.2, 0) is 13.0 Å². The van der Waals surface area contributed by atoms with Crippen molar-refractivity contribution in [2.75, 3.05) is 13.1 Å². The lowest BCUT2D eigenvalue weighted by Crippen LogP contribution is -2.40. The van der Waals surface area contributed by atoms with Crippen LogP contribution >= 0.6 is 0 Å². The fourth-order valence-electron chi connectivity index (χ4n) is 3.38. The fourth-order valence-corrected chi connectivity index (χ4v) is 3.38. The van der Waals surface area contributed by atoms with E-state index in [1.165, 1.54) is 6.07 Å². The summed E-state index contributed by atoms with van der Waals surface area (Å²) in [7, 11) is 0. The zero-order valence-corrected chi connectivity index (χ0v) is 14.1. The summed E-state index contributed by atoms with van der Waals surface area (Å²) in [6, 6.07) is 6.80. The number of hydrogen-bond acceptors (Lipinski definition) is 2. The molecule has 0 aliphatic carbocycles. The highest BCUT2D eigenvalue weighted by Crippen LogP contribution is 2.23. The molecule has 0 spiro atoms. The Balaban J connectivity index is 1.56. The van der Waals surface area contributed by atoms with Gasteiger partial charge in [0.1, 0.15) is 5.82 Å². The first-order valence-electron chi connectivity index (χ1n) is 8.72. The summed E-state index contributed by atoms with van der Waals surface area (Å²) in [5, 5.41) is 4.19. The van der Waals surface area contributed by atoms with Gasteiger partial charge >= 0.3 is 0 Å². The van der Waals surface area contributed by atoms with E-state index in [1.54, 1.807) is 23.0 Å². The standard InChI is InChI=1S/C19H24FN3O/c1-2-23-14-17(12-21-23)19(24)22-10-4-6-16(13-22)9-8-15-5-3-7-18(20)11-15/h3,5,7,11-12,14,16H,2,4,6,8-10,13H2,1H3/t16-/m1/s1. The third kappa shape index (κ3) is 4.02. The van der Waals surface area contributed by atoms with E-state index in [4.69, 9.17) is 0 Å². The molecule has 1 amide bonds. The van der Waals surface area contributed by atoms with Gasteiger partial charge in [-0.2, -0.15) is 5.10 Å². The zero-order chi connectivity index (χ0) is 16.9. The molecule has 0 saturated carbocycles. The summed E-state index contributed by atoms with van der Waals surface area (Å²) in [4.78, 5) is 14.6. The van der Waals surface area contributed by atoms with Crippen LogP contribution < -0.4 is 0 Å². The predicted molar refractivity (Wildman–Crippen MR) is 91.2 cm³/mol. The number of carbonyl (C=O) groups excluding carboxylic acids is 1. The van der Waals surface area contributed by atoms with Gasteiger partial charge < -0.3 is 4.90 Å². The van der Waals surface area contributed by atoms with Gasteiger partial charge in [0, 0.05) is 25.8 Å². The highest BCUT2D eigenvalue weighted by Gasteiger charge is 2.25. The molecule has 1 aliphatic rings. The Morgan fingerprint density at radius 3 is 3.04 bits per heavy atom. The van der Waals surface area contributed by atoms with Gasteiger partial charge in [-0.15, -0.1) is 0 Å². The monoisotopic (exact) mass is 329 g/mol. The normalized spacial score (nSPS) is 17.9. The maximum atomic E-state index is 13.3. The lowest BCUT2D eigenvalue weighted by molar-refractivity contribution is 0.0668. The van der Waals surface area contributed by atoms with Crippen molar-refractivity contribution >= 4 is 5.91 Å². The number of aryl methyl sites for hydroxylation is 2. The summed E-state index contributed by atoms with van der Waals surface area (Å²) >= 11 is 0. The van der Waals surface area contributed by atoms with Crippen LogP contribution in [-0.4, -0.2) is 33.7 Å². The van der Waals surface area contributed by atoms with E-state index >= 15 is 0 Å². The van der Waals surface area contributed by atoms with Crippen molar-refractivity contribution in [3.05, 3.63) is 53.6 Å². The number of aromatic nitrogens is 2. The van der Waals surface area contributed by atoms with Crippen molar-refractivity contribution in [1.29, 1.82) is 0 Å². The van der Waals surface area contributed by atoms with E-state index in [-0.39, 0.29) is 11.7 Å². The molecule has 1 aromatic heterocycles. The molecule has 1 atom stereocenters. The van der Waals surface area contributed by atoms with Gasteiger partial charge in [0.15, 0.2) is 0 Å². The molecule has 0 N–H and O–H groups in total. The van der Waals surface area contributed by atoms with Gasteiger partial charge in [-0.05, 0) is 56.2 Å². The molecule has 5 heteroatoms. The first-order valence-corrected chi connectivity index (χ1v) is 8.72. The summed E-state index contributed by atoms with van der Waals surface area (Å²) in [5.74, 6) is 0.373. The van der Waals surface area contributed by atoms with Crippen LogP contribution in [0.5, 0.6) is 0 Å². The third-order valence-corrected chi connectivity index (χ3v) is 4.74. The minimum absolute atomic E-state index is 0.0742. The average Bonchev–Trinajstić information content (AvgIpc) is 3.09. The highest BCUT2D eigenvalue weighted by atomic mass is 19.1. The van der Waals surface area contributed by atoms with E-state index < -0.39 is 0 Å². The van der Waals surface area contributed by atoms with Crippen LogP contribution in [0.2, 0.25) is 0 Å². The quantitative estimate of drug-likeness (QED) is 0.842. The molecule has 1 aromatic carbocycles. The van der Waals surface area contributed by atoms with E-state index in [2.05, 4.69) is 5.10 Å². The molecule has 24 heavy (non-hydrogen) atoms. The molecule has 4 nitrogen and oxygen atoms in total. The van der Waals surface area contributed by atoms with Crippen molar-refractivity contribution in [2.45, 2.75) is 39.2 Å². The topological polar surface area (TPSA) is 38.1 Å². The molecule has 2 aromatic rings. The van der Waals surface area contributed by atoms with Crippen molar-refractivity contribution in [1.82, 2.24) is 14.7 Å². The number of hydrogen-bond donors (Lipinski definition) is 0. The average molecular weight is 329 g/mol. The van der Waals surface area contributed by atoms with Gasteiger partial charge in [0.2, 0.25) is 0 Å². The minimum atomic E-state index is -0.180. The van der Waals surface area contributed by atoms with E-state index in [0.717, 1.165) is 50.9 Å². The maximum Gasteiger partial charge on any atom is 0.257 e. The lowest BCUT2D eigenvalue weighted by atomic mass is 9.91. The molecule has 1 fully saturated rings. The second kappa shape index (κ2) is 7.60. The Morgan fingerprint density at radius 2 is 2.29 bits per heavy atom.